The van der Waals surface area contributed by atoms with Gasteiger partial charge in [-0.3, -0.25) is 14.7 Å². The molecule has 2 heterocycles. The Morgan fingerprint density at radius 2 is 1.79 bits per heavy atom. The van der Waals surface area contributed by atoms with Crippen molar-refractivity contribution in [3.8, 4) is 5.75 Å². The summed E-state index contributed by atoms with van der Waals surface area (Å²) in [7, 11) is -1.98. The highest BCUT2D eigenvalue weighted by atomic mass is 32.2. The Morgan fingerprint density at radius 1 is 1.03 bits per heavy atom. The molecule has 0 aliphatic heterocycles. The molecule has 0 aliphatic rings. The van der Waals surface area contributed by atoms with Gasteiger partial charge in [-0.1, -0.05) is 29.5 Å². The van der Waals surface area contributed by atoms with Crippen LogP contribution < -0.4 is 9.64 Å². The van der Waals surface area contributed by atoms with Crippen LogP contribution >= 0.6 is 11.3 Å². The van der Waals surface area contributed by atoms with Crippen LogP contribution in [-0.2, 0) is 21.2 Å². The fraction of sp³-hybridized carbons (Fsp3) is 0.208. The lowest BCUT2D eigenvalue weighted by atomic mass is 10.2. The van der Waals surface area contributed by atoms with Gasteiger partial charge in [-0.05, 0) is 55.0 Å². The molecule has 9 heteroatoms. The van der Waals surface area contributed by atoms with E-state index in [9.17, 15) is 13.2 Å². The molecule has 1 amide bonds. The monoisotopic (exact) mass is 481 g/mol. The molecule has 0 aliphatic carbocycles. The van der Waals surface area contributed by atoms with E-state index in [2.05, 4.69) is 9.97 Å². The molecule has 0 spiro atoms. The molecule has 0 atom stereocenters. The average molecular weight is 482 g/mol. The first kappa shape index (κ1) is 22.9. The maximum Gasteiger partial charge on any atom is 0.229 e. The Hall–Kier alpha value is -3.30. The van der Waals surface area contributed by atoms with Crippen molar-refractivity contribution in [2.24, 2.45) is 0 Å². The first-order chi connectivity index (χ1) is 16.0. The minimum absolute atomic E-state index is 0.0815. The standard InChI is InChI=1S/C24H23N3O4S2/c1-31-19-11-13-20(14-12-19)33(29,30)16-6-10-23(28)27(17-18-7-4-5-15-25-18)24-26-21-8-2-3-9-22(21)32-24/h2-5,7-9,11-15H,6,10,16-17H2,1H3. The molecule has 7 nitrogen and oxygen atoms in total. The third kappa shape index (κ3) is 5.55. The molecule has 4 rings (SSSR count). The molecule has 33 heavy (non-hydrogen) atoms. The number of hydrogen-bond acceptors (Lipinski definition) is 7. The van der Waals surface area contributed by atoms with Crippen LogP contribution in [0.5, 0.6) is 5.75 Å². The first-order valence-electron chi connectivity index (χ1n) is 10.4. The zero-order valence-electron chi connectivity index (χ0n) is 18.0. The maximum atomic E-state index is 13.2. The number of pyridine rings is 1. The number of benzene rings is 2. The van der Waals surface area contributed by atoms with E-state index in [0.29, 0.717) is 10.9 Å². The summed E-state index contributed by atoms with van der Waals surface area (Å²) in [4.78, 5) is 23.9. The summed E-state index contributed by atoms with van der Waals surface area (Å²) in [6.45, 7) is 0.269. The van der Waals surface area contributed by atoms with Crippen LogP contribution in [-0.4, -0.2) is 37.2 Å². The van der Waals surface area contributed by atoms with Crippen molar-refractivity contribution in [3.63, 3.8) is 0 Å². The Bertz CT molecular complexity index is 1300. The van der Waals surface area contributed by atoms with E-state index in [-0.39, 0.29) is 35.9 Å². The number of nitrogens with zero attached hydrogens (tertiary/aromatic N) is 3. The molecular weight excluding hydrogens is 458 g/mol. The molecule has 0 saturated heterocycles. The molecule has 170 valence electrons. The number of anilines is 1. The third-order valence-electron chi connectivity index (χ3n) is 5.08. The summed E-state index contributed by atoms with van der Waals surface area (Å²) in [6.07, 6.45) is 1.97. The third-order valence-corrected chi connectivity index (χ3v) is 7.96. The van der Waals surface area contributed by atoms with Gasteiger partial charge in [-0.25, -0.2) is 13.4 Å². The predicted molar refractivity (Wildman–Crippen MR) is 129 cm³/mol. The lowest BCUT2D eigenvalue weighted by molar-refractivity contribution is -0.118. The fourth-order valence-electron chi connectivity index (χ4n) is 3.34. The molecule has 0 N–H and O–H groups in total. The number of fused-ring (bicyclic) bond motifs is 1. The van der Waals surface area contributed by atoms with Crippen LogP contribution in [0.3, 0.4) is 0 Å². The van der Waals surface area contributed by atoms with Gasteiger partial charge in [0.1, 0.15) is 5.75 Å². The van der Waals surface area contributed by atoms with Crippen molar-refractivity contribution in [2.45, 2.75) is 24.3 Å². The number of carbonyl (C=O) groups excluding carboxylic acids is 1. The van der Waals surface area contributed by atoms with Crippen LogP contribution in [0.1, 0.15) is 18.5 Å². The minimum Gasteiger partial charge on any atom is -0.497 e. The molecule has 0 fully saturated rings. The second-order valence-electron chi connectivity index (χ2n) is 7.36. The largest absolute Gasteiger partial charge is 0.497 e. The number of para-hydroxylation sites is 1. The van der Waals surface area contributed by atoms with E-state index in [1.54, 1.807) is 23.2 Å². The van der Waals surface area contributed by atoms with Crippen molar-refractivity contribution in [1.29, 1.82) is 0 Å². The summed E-state index contributed by atoms with van der Waals surface area (Å²) in [5, 5.41) is 0.574. The van der Waals surface area contributed by atoms with Gasteiger partial charge in [-0.15, -0.1) is 0 Å². The van der Waals surface area contributed by atoms with Crippen LogP contribution in [0.15, 0.2) is 77.8 Å². The molecule has 4 aromatic rings. The summed E-state index contributed by atoms with van der Waals surface area (Å²) < 4.78 is 31.4. The van der Waals surface area contributed by atoms with E-state index in [0.717, 1.165) is 15.9 Å². The molecular formula is C24H23N3O4S2. The van der Waals surface area contributed by atoms with Crippen molar-refractivity contribution in [3.05, 3.63) is 78.6 Å². The SMILES string of the molecule is COc1ccc(S(=O)(=O)CCCC(=O)N(Cc2ccccn2)c2nc3ccccc3s2)cc1. The number of methoxy groups -OCH3 is 1. The zero-order valence-corrected chi connectivity index (χ0v) is 19.7. The van der Waals surface area contributed by atoms with Gasteiger partial charge >= 0.3 is 0 Å². The number of hydrogen-bond donors (Lipinski definition) is 0. The molecule has 2 aromatic heterocycles. The van der Waals surface area contributed by atoms with Gasteiger partial charge in [0.2, 0.25) is 5.91 Å². The van der Waals surface area contributed by atoms with E-state index in [1.807, 2.05) is 42.5 Å². The Balaban J connectivity index is 1.48. The molecule has 0 unspecified atom stereocenters. The summed E-state index contributed by atoms with van der Waals surface area (Å²) in [6, 6.07) is 19.5. The van der Waals surface area contributed by atoms with Gasteiger partial charge in [-0.2, -0.15) is 0 Å². The van der Waals surface area contributed by atoms with Crippen molar-refractivity contribution in [1.82, 2.24) is 9.97 Å². The first-order valence-corrected chi connectivity index (χ1v) is 12.9. The second kappa shape index (κ2) is 10.1. The second-order valence-corrected chi connectivity index (χ2v) is 10.5. The van der Waals surface area contributed by atoms with E-state index < -0.39 is 9.84 Å². The lowest BCUT2D eigenvalue weighted by Crippen LogP contribution is -2.30. The topological polar surface area (TPSA) is 89.5 Å². The summed E-state index contributed by atoms with van der Waals surface area (Å²) in [5.74, 6) is 0.275. The highest BCUT2D eigenvalue weighted by Crippen LogP contribution is 2.30. The minimum atomic E-state index is -3.50. The van der Waals surface area contributed by atoms with Gasteiger partial charge in [0.25, 0.3) is 0 Å². The highest BCUT2D eigenvalue weighted by Gasteiger charge is 2.22. The average Bonchev–Trinajstić information content (AvgIpc) is 3.27. The van der Waals surface area contributed by atoms with Crippen LogP contribution in [0.4, 0.5) is 5.13 Å². The smallest absolute Gasteiger partial charge is 0.229 e. The summed E-state index contributed by atoms with van der Waals surface area (Å²) in [5.41, 5.74) is 1.55. The van der Waals surface area contributed by atoms with Crippen LogP contribution in [0.2, 0.25) is 0 Å². The number of ether oxygens (including phenoxy) is 1. The Labute approximate surface area is 196 Å². The number of aromatic nitrogens is 2. The van der Waals surface area contributed by atoms with Crippen LogP contribution in [0.25, 0.3) is 10.2 Å². The Kier molecular flexibility index (Phi) is 7.00. The number of sulfone groups is 1. The Morgan fingerprint density at radius 3 is 2.48 bits per heavy atom. The lowest BCUT2D eigenvalue weighted by Gasteiger charge is -2.19. The van der Waals surface area contributed by atoms with Crippen molar-refractivity contribution >= 4 is 42.4 Å². The number of rotatable bonds is 9. The normalized spacial score (nSPS) is 11.4. The van der Waals surface area contributed by atoms with E-state index in [4.69, 9.17) is 4.74 Å². The van der Waals surface area contributed by atoms with E-state index >= 15 is 0 Å². The quantitative estimate of drug-likeness (QED) is 0.350. The molecule has 0 bridgehead atoms. The van der Waals surface area contributed by atoms with Gasteiger partial charge in [0.05, 0.1) is 40.2 Å². The van der Waals surface area contributed by atoms with Crippen LogP contribution in [0, 0.1) is 0 Å². The zero-order chi connectivity index (χ0) is 23.3. The fourth-order valence-corrected chi connectivity index (χ4v) is 5.63. The molecule has 0 radical (unpaired) electrons. The number of carbonyl (C=O) groups is 1. The summed E-state index contributed by atoms with van der Waals surface area (Å²) >= 11 is 1.43. The van der Waals surface area contributed by atoms with Gasteiger partial charge in [0.15, 0.2) is 15.0 Å². The number of thiazole rings is 1. The van der Waals surface area contributed by atoms with Gasteiger partial charge in [0, 0.05) is 12.6 Å². The molecule has 2 aromatic carbocycles. The van der Waals surface area contributed by atoms with E-state index in [1.165, 1.54) is 30.6 Å². The highest BCUT2D eigenvalue weighted by molar-refractivity contribution is 7.91. The number of amides is 1. The maximum absolute atomic E-state index is 13.2. The van der Waals surface area contributed by atoms with Crippen molar-refractivity contribution in [2.75, 3.05) is 17.8 Å². The molecule has 0 saturated carbocycles. The van der Waals surface area contributed by atoms with Crippen molar-refractivity contribution < 1.29 is 17.9 Å². The predicted octanol–water partition coefficient (Wildman–Crippen LogP) is 4.49. The van der Waals surface area contributed by atoms with Gasteiger partial charge < -0.3 is 4.74 Å².